The Morgan fingerprint density at radius 3 is 1.60 bits per heavy atom. The molecule has 40 heavy (non-hydrogen) atoms. The van der Waals surface area contributed by atoms with Gasteiger partial charge in [0.1, 0.15) is 6.10 Å². The number of alkyl carbamates (subject to hydrolysis) is 1. The molecule has 1 unspecified atom stereocenters. The molecule has 0 fully saturated rings. The summed E-state index contributed by atoms with van der Waals surface area (Å²) in [6, 6.07) is 0. The Morgan fingerprint density at radius 2 is 1.12 bits per heavy atom. The van der Waals surface area contributed by atoms with E-state index in [1.165, 1.54) is 122 Å². The van der Waals surface area contributed by atoms with Crippen LogP contribution in [0.5, 0.6) is 0 Å². The average Bonchev–Trinajstić information content (AvgIpc) is 2.95. The second-order valence-electron chi connectivity index (χ2n) is 11.6. The molecule has 0 heterocycles. The van der Waals surface area contributed by atoms with Crippen LogP contribution in [-0.4, -0.2) is 45.7 Å². The Morgan fingerprint density at radius 1 is 0.650 bits per heavy atom. The Balaban J connectivity index is 3.89. The number of hydrogen-bond donors (Lipinski definition) is 1. The maximum atomic E-state index is 12.4. The lowest BCUT2D eigenvalue weighted by Gasteiger charge is -2.18. The van der Waals surface area contributed by atoms with Gasteiger partial charge in [-0.2, -0.15) is 0 Å². The van der Waals surface area contributed by atoms with Crippen molar-refractivity contribution in [2.75, 3.05) is 33.5 Å². The predicted octanol–water partition coefficient (Wildman–Crippen LogP) is 10.7. The zero-order valence-corrected chi connectivity index (χ0v) is 27.0. The summed E-state index contributed by atoms with van der Waals surface area (Å²) in [5.41, 5.74) is 0. The Bertz CT molecular complexity index is 514. The molecule has 0 aliphatic heterocycles. The van der Waals surface area contributed by atoms with Crippen LogP contribution < -0.4 is 5.32 Å². The van der Waals surface area contributed by atoms with Crippen LogP contribution in [-0.2, 0) is 14.2 Å². The molecule has 0 aromatic carbocycles. The highest BCUT2D eigenvalue weighted by atomic mass is 16.6. The molecular formula is C35H69NO4. The molecule has 0 rings (SSSR count). The molecule has 0 saturated heterocycles. The molecule has 5 heteroatoms. The lowest BCUT2D eigenvalue weighted by molar-refractivity contribution is 0.0670. The lowest BCUT2D eigenvalue weighted by Crippen LogP contribution is -2.30. The third-order valence-corrected chi connectivity index (χ3v) is 7.75. The lowest BCUT2D eigenvalue weighted by atomic mass is 10.0. The van der Waals surface area contributed by atoms with Crippen LogP contribution in [0.1, 0.15) is 167 Å². The van der Waals surface area contributed by atoms with Gasteiger partial charge in [-0.3, -0.25) is 0 Å². The minimum atomic E-state index is -0.274. The third-order valence-electron chi connectivity index (χ3n) is 7.75. The summed E-state index contributed by atoms with van der Waals surface area (Å²) in [5.74, 6) is 0. The monoisotopic (exact) mass is 568 g/mol. The van der Waals surface area contributed by atoms with E-state index in [4.69, 9.17) is 14.2 Å². The maximum absolute atomic E-state index is 12.4. The molecule has 238 valence electrons. The van der Waals surface area contributed by atoms with Gasteiger partial charge in [-0.05, 0) is 44.9 Å². The molecule has 0 spiro atoms. The van der Waals surface area contributed by atoms with E-state index in [0.29, 0.717) is 26.4 Å². The van der Waals surface area contributed by atoms with Gasteiger partial charge in [-0.1, -0.05) is 129 Å². The molecule has 0 aliphatic rings. The highest BCUT2D eigenvalue weighted by molar-refractivity contribution is 5.67. The molecule has 5 nitrogen and oxygen atoms in total. The zero-order chi connectivity index (χ0) is 29.2. The molecule has 0 saturated carbocycles. The summed E-state index contributed by atoms with van der Waals surface area (Å²) in [6.45, 7) is 8.49. The Hall–Kier alpha value is -1.07. The van der Waals surface area contributed by atoms with Crippen LogP contribution >= 0.6 is 0 Å². The molecule has 0 aromatic heterocycles. The fourth-order valence-corrected chi connectivity index (χ4v) is 5.18. The number of nitrogens with one attached hydrogen (secondary N) is 1. The number of unbranched alkanes of at least 4 members (excludes halogenated alkanes) is 20. The summed E-state index contributed by atoms with van der Waals surface area (Å²) >= 11 is 0. The Labute approximate surface area is 250 Å². The molecule has 1 N–H and O–H groups in total. The van der Waals surface area contributed by atoms with Crippen molar-refractivity contribution < 1.29 is 19.0 Å². The standard InChI is InChI=1S/C35H69NO4/c1-4-6-8-10-12-13-14-15-16-17-18-19-20-22-24-26-29-34(28-25-23-21-11-9-7-5-2)40-35(37)36-30-27-31-39-33-32-38-3/h5,34H,2,4,6-33H2,1,3H3,(H,36,37). The van der Waals surface area contributed by atoms with Crippen molar-refractivity contribution in [3.05, 3.63) is 12.7 Å². The number of carbonyl (C=O) groups is 1. The summed E-state index contributed by atoms with van der Waals surface area (Å²) in [5, 5.41) is 2.90. The van der Waals surface area contributed by atoms with E-state index < -0.39 is 0 Å². The van der Waals surface area contributed by atoms with E-state index in [1.807, 2.05) is 6.08 Å². The van der Waals surface area contributed by atoms with Crippen LogP contribution in [0.15, 0.2) is 12.7 Å². The Kier molecular flexibility index (Phi) is 33.2. The average molecular weight is 568 g/mol. The number of amides is 1. The van der Waals surface area contributed by atoms with Crippen LogP contribution in [0.4, 0.5) is 4.79 Å². The fraction of sp³-hybridized carbons (Fsp3) is 0.914. The van der Waals surface area contributed by atoms with Gasteiger partial charge in [0.05, 0.1) is 13.2 Å². The highest BCUT2D eigenvalue weighted by Gasteiger charge is 2.14. The fourth-order valence-electron chi connectivity index (χ4n) is 5.18. The summed E-state index contributed by atoms with van der Waals surface area (Å²) < 4.78 is 16.3. The van der Waals surface area contributed by atoms with E-state index in [9.17, 15) is 4.79 Å². The molecule has 1 atom stereocenters. The second kappa shape index (κ2) is 34.1. The normalized spacial score (nSPS) is 11.9. The quantitative estimate of drug-likeness (QED) is 0.0633. The van der Waals surface area contributed by atoms with Crippen LogP contribution in [0.2, 0.25) is 0 Å². The van der Waals surface area contributed by atoms with Gasteiger partial charge in [0.2, 0.25) is 0 Å². The predicted molar refractivity (Wildman–Crippen MR) is 172 cm³/mol. The first-order valence-electron chi connectivity index (χ1n) is 17.4. The van der Waals surface area contributed by atoms with Crippen LogP contribution in [0, 0.1) is 0 Å². The minimum Gasteiger partial charge on any atom is -0.446 e. The third kappa shape index (κ3) is 31.5. The smallest absolute Gasteiger partial charge is 0.407 e. The molecule has 0 aromatic rings. The topological polar surface area (TPSA) is 56.8 Å². The number of ether oxygens (including phenoxy) is 3. The van der Waals surface area contributed by atoms with Crippen molar-refractivity contribution in [3.8, 4) is 0 Å². The zero-order valence-electron chi connectivity index (χ0n) is 27.0. The van der Waals surface area contributed by atoms with Crippen molar-refractivity contribution in [1.29, 1.82) is 0 Å². The summed E-state index contributed by atoms with van der Waals surface area (Å²) in [7, 11) is 1.67. The number of hydrogen-bond acceptors (Lipinski definition) is 4. The number of allylic oxidation sites excluding steroid dienone is 1. The van der Waals surface area contributed by atoms with Crippen molar-refractivity contribution in [2.45, 2.75) is 174 Å². The largest absolute Gasteiger partial charge is 0.446 e. The molecule has 0 aliphatic carbocycles. The van der Waals surface area contributed by atoms with Gasteiger partial charge in [0.15, 0.2) is 0 Å². The van der Waals surface area contributed by atoms with Gasteiger partial charge in [0, 0.05) is 20.3 Å². The van der Waals surface area contributed by atoms with Crippen molar-refractivity contribution >= 4 is 6.09 Å². The number of methoxy groups -OCH3 is 1. The molecular weight excluding hydrogens is 498 g/mol. The second-order valence-corrected chi connectivity index (χ2v) is 11.6. The maximum Gasteiger partial charge on any atom is 0.407 e. The first-order valence-corrected chi connectivity index (χ1v) is 17.4. The first kappa shape index (κ1) is 38.9. The van der Waals surface area contributed by atoms with Gasteiger partial charge < -0.3 is 19.5 Å². The number of rotatable bonds is 33. The molecule has 1 amide bonds. The van der Waals surface area contributed by atoms with Crippen molar-refractivity contribution in [3.63, 3.8) is 0 Å². The van der Waals surface area contributed by atoms with Gasteiger partial charge >= 0.3 is 6.09 Å². The van der Waals surface area contributed by atoms with E-state index in [2.05, 4.69) is 18.8 Å². The SMILES string of the molecule is C=CCCCCCCCC(CCCCCCCCCCCCCCCCCC)OC(=O)NCCCOCCOC. The van der Waals surface area contributed by atoms with Crippen LogP contribution in [0.25, 0.3) is 0 Å². The highest BCUT2D eigenvalue weighted by Crippen LogP contribution is 2.18. The van der Waals surface area contributed by atoms with E-state index >= 15 is 0 Å². The molecule has 0 radical (unpaired) electrons. The van der Waals surface area contributed by atoms with E-state index in [0.717, 1.165) is 38.5 Å². The number of carbonyl (C=O) groups excluding carboxylic acids is 1. The van der Waals surface area contributed by atoms with Crippen molar-refractivity contribution in [1.82, 2.24) is 5.32 Å². The van der Waals surface area contributed by atoms with E-state index in [1.54, 1.807) is 7.11 Å². The molecule has 0 bridgehead atoms. The minimum absolute atomic E-state index is 0.0396. The van der Waals surface area contributed by atoms with Gasteiger partial charge in [0.25, 0.3) is 0 Å². The van der Waals surface area contributed by atoms with Gasteiger partial charge in [-0.15, -0.1) is 6.58 Å². The summed E-state index contributed by atoms with van der Waals surface area (Å²) in [4.78, 5) is 12.4. The van der Waals surface area contributed by atoms with E-state index in [-0.39, 0.29) is 12.2 Å². The van der Waals surface area contributed by atoms with Crippen molar-refractivity contribution in [2.24, 2.45) is 0 Å². The first-order chi connectivity index (χ1) is 19.7. The van der Waals surface area contributed by atoms with Gasteiger partial charge in [-0.25, -0.2) is 4.79 Å². The summed E-state index contributed by atoms with van der Waals surface area (Å²) in [6.07, 6.45) is 33.8. The van der Waals surface area contributed by atoms with Crippen LogP contribution in [0.3, 0.4) is 0 Å².